The topological polar surface area (TPSA) is 67.9 Å². The van der Waals surface area contributed by atoms with Gasteiger partial charge in [-0.1, -0.05) is 25.0 Å². The van der Waals surface area contributed by atoms with E-state index in [2.05, 4.69) is 5.32 Å². The normalized spacial score (nSPS) is 14.7. The lowest BCUT2D eigenvalue weighted by Crippen LogP contribution is -2.50. The average molecular weight is 429 g/mol. The van der Waals surface area contributed by atoms with Crippen LogP contribution >= 0.6 is 0 Å². The van der Waals surface area contributed by atoms with Gasteiger partial charge in [-0.15, -0.1) is 0 Å². The van der Waals surface area contributed by atoms with Crippen LogP contribution in [0.1, 0.15) is 38.2 Å². The molecule has 0 unspecified atom stereocenters. The van der Waals surface area contributed by atoms with E-state index in [1.807, 2.05) is 24.3 Å². The van der Waals surface area contributed by atoms with Crippen LogP contribution in [0.25, 0.3) is 0 Å². The van der Waals surface area contributed by atoms with Crippen LogP contribution in [0.3, 0.4) is 0 Å². The molecule has 0 saturated heterocycles. The monoisotopic (exact) mass is 428 g/mol. The molecule has 3 rings (SSSR count). The zero-order chi connectivity index (χ0) is 22.2. The predicted molar refractivity (Wildman–Crippen MR) is 115 cm³/mol. The second kappa shape index (κ2) is 10.8. The smallest absolute Gasteiger partial charge is 0.261 e. The van der Waals surface area contributed by atoms with E-state index >= 15 is 0 Å². The molecule has 1 N–H and O–H groups in total. The number of carbonyl (C=O) groups excluding carboxylic acids is 2. The van der Waals surface area contributed by atoms with Gasteiger partial charge in [-0.3, -0.25) is 9.59 Å². The Morgan fingerprint density at radius 2 is 1.68 bits per heavy atom. The first kappa shape index (κ1) is 22.6. The van der Waals surface area contributed by atoms with Gasteiger partial charge >= 0.3 is 0 Å². The first-order valence-corrected chi connectivity index (χ1v) is 10.6. The Hall–Kier alpha value is -3.09. The number of carbonyl (C=O) groups is 2. The summed E-state index contributed by atoms with van der Waals surface area (Å²) in [6.45, 7) is 1.74. The molecular formula is C24H29FN2O4. The van der Waals surface area contributed by atoms with Crippen LogP contribution in [0, 0.1) is 5.82 Å². The summed E-state index contributed by atoms with van der Waals surface area (Å²) in [4.78, 5) is 27.4. The van der Waals surface area contributed by atoms with Crippen LogP contribution in [0.4, 0.5) is 4.39 Å². The van der Waals surface area contributed by atoms with Gasteiger partial charge in [-0.05, 0) is 61.7 Å². The number of nitrogens with zero attached hydrogens (tertiary/aromatic N) is 1. The van der Waals surface area contributed by atoms with Crippen LogP contribution < -0.4 is 14.8 Å². The van der Waals surface area contributed by atoms with Crippen molar-refractivity contribution in [2.45, 2.75) is 51.2 Å². The van der Waals surface area contributed by atoms with E-state index in [0.717, 1.165) is 31.2 Å². The molecule has 1 saturated carbocycles. The van der Waals surface area contributed by atoms with Gasteiger partial charge in [0.1, 0.15) is 23.4 Å². The lowest BCUT2D eigenvalue weighted by molar-refractivity contribution is -0.142. The number of halogens is 1. The molecule has 0 bridgehead atoms. The fraction of sp³-hybridized carbons (Fsp3) is 0.417. The van der Waals surface area contributed by atoms with E-state index < -0.39 is 6.04 Å². The van der Waals surface area contributed by atoms with Gasteiger partial charge in [-0.2, -0.15) is 0 Å². The quantitative estimate of drug-likeness (QED) is 0.662. The second-order valence-electron chi connectivity index (χ2n) is 7.78. The van der Waals surface area contributed by atoms with Gasteiger partial charge in [0.15, 0.2) is 6.61 Å². The van der Waals surface area contributed by atoms with Gasteiger partial charge in [0.2, 0.25) is 5.91 Å². The minimum Gasteiger partial charge on any atom is -0.497 e. The molecule has 1 aliphatic carbocycles. The molecule has 0 aromatic heterocycles. The Labute approximate surface area is 182 Å². The molecule has 1 atom stereocenters. The average Bonchev–Trinajstić information content (AvgIpc) is 3.30. The van der Waals surface area contributed by atoms with Crippen molar-refractivity contribution in [3.05, 3.63) is 59.9 Å². The summed E-state index contributed by atoms with van der Waals surface area (Å²) in [5.41, 5.74) is 0.872. The van der Waals surface area contributed by atoms with E-state index in [9.17, 15) is 14.0 Å². The summed E-state index contributed by atoms with van der Waals surface area (Å²) >= 11 is 0. The van der Waals surface area contributed by atoms with Gasteiger partial charge < -0.3 is 19.7 Å². The molecule has 31 heavy (non-hydrogen) atoms. The van der Waals surface area contributed by atoms with Crippen molar-refractivity contribution in [2.75, 3.05) is 13.7 Å². The molecule has 2 amide bonds. The Bertz CT molecular complexity index is 864. The number of ether oxygens (including phenoxy) is 2. The van der Waals surface area contributed by atoms with Gasteiger partial charge in [0.05, 0.1) is 7.11 Å². The summed E-state index contributed by atoms with van der Waals surface area (Å²) in [5.74, 6) is 0.234. The van der Waals surface area contributed by atoms with Crippen LogP contribution in [-0.4, -0.2) is 42.5 Å². The first-order valence-electron chi connectivity index (χ1n) is 10.6. The number of benzene rings is 2. The van der Waals surface area contributed by atoms with E-state index in [1.165, 1.54) is 29.2 Å². The number of amides is 2. The van der Waals surface area contributed by atoms with Crippen molar-refractivity contribution >= 4 is 11.8 Å². The summed E-state index contributed by atoms with van der Waals surface area (Å²) in [7, 11) is 1.59. The van der Waals surface area contributed by atoms with Crippen molar-refractivity contribution in [1.82, 2.24) is 10.2 Å². The molecule has 0 heterocycles. The fourth-order valence-electron chi connectivity index (χ4n) is 3.66. The van der Waals surface area contributed by atoms with Gasteiger partial charge in [-0.25, -0.2) is 4.39 Å². The first-order chi connectivity index (χ1) is 15.0. The number of rotatable bonds is 9. The van der Waals surface area contributed by atoms with E-state index in [1.54, 1.807) is 14.0 Å². The van der Waals surface area contributed by atoms with Gasteiger partial charge in [0, 0.05) is 12.6 Å². The minimum atomic E-state index is -0.660. The lowest BCUT2D eigenvalue weighted by Gasteiger charge is -2.29. The van der Waals surface area contributed by atoms with Crippen LogP contribution in [0.2, 0.25) is 0 Å². The number of hydrogen-bond donors (Lipinski definition) is 1. The third kappa shape index (κ3) is 6.44. The maximum Gasteiger partial charge on any atom is 0.261 e. The lowest BCUT2D eigenvalue weighted by atomic mass is 10.1. The molecule has 6 nitrogen and oxygen atoms in total. The van der Waals surface area contributed by atoms with Crippen molar-refractivity contribution in [2.24, 2.45) is 0 Å². The molecule has 166 valence electrons. The molecule has 0 aliphatic heterocycles. The largest absolute Gasteiger partial charge is 0.497 e. The highest BCUT2D eigenvalue weighted by atomic mass is 19.1. The number of hydrogen-bond acceptors (Lipinski definition) is 4. The summed E-state index contributed by atoms with van der Waals surface area (Å²) in [6, 6.07) is 12.3. The van der Waals surface area contributed by atoms with E-state index in [0.29, 0.717) is 11.5 Å². The third-order valence-corrected chi connectivity index (χ3v) is 5.56. The maximum absolute atomic E-state index is 13.1. The van der Waals surface area contributed by atoms with Crippen molar-refractivity contribution in [3.63, 3.8) is 0 Å². The van der Waals surface area contributed by atoms with Gasteiger partial charge in [0.25, 0.3) is 5.91 Å². The molecule has 1 aliphatic rings. The maximum atomic E-state index is 13.1. The Morgan fingerprint density at radius 1 is 1.06 bits per heavy atom. The minimum absolute atomic E-state index is 0.170. The summed E-state index contributed by atoms with van der Waals surface area (Å²) < 4.78 is 23.8. The highest BCUT2D eigenvalue weighted by Crippen LogP contribution is 2.19. The molecule has 7 heteroatoms. The van der Waals surface area contributed by atoms with Crippen LogP contribution in [0.5, 0.6) is 11.5 Å². The van der Waals surface area contributed by atoms with Crippen LogP contribution in [-0.2, 0) is 16.1 Å². The second-order valence-corrected chi connectivity index (χ2v) is 7.78. The fourth-order valence-corrected chi connectivity index (χ4v) is 3.66. The Kier molecular flexibility index (Phi) is 7.87. The van der Waals surface area contributed by atoms with Crippen molar-refractivity contribution in [1.29, 1.82) is 0 Å². The molecule has 2 aromatic carbocycles. The molecule has 0 radical (unpaired) electrons. The summed E-state index contributed by atoms with van der Waals surface area (Å²) in [5, 5.41) is 3.06. The van der Waals surface area contributed by atoms with Crippen molar-refractivity contribution in [3.8, 4) is 11.5 Å². The molecular weight excluding hydrogens is 399 g/mol. The van der Waals surface area contributed by atoms with Crippen LogP contribution in [0.15, 0.2) is 48.5 Å². The van der Waals surface area contributed by atoms with E-state index in [-0.39, 0.29) is 36.8 Å². The Morgan fingerprint density at radius 3 is 2.29 bits per heavy atom. The summed E-state index contributed by atoms with van der Waals surface area (Å²) in [6.07, 6.45) is 4.16. The highest BCUT2D eigenvalue weighted by Gasteiger charge is 2.28. The molecule has 1 fully saturated rings. The SMILES string of the molecule is COc1ccc(CN(C(=O)COc2ccc(F)cc2)[C@H](C)C(=O)NC2CCCC2)cc1. The Balaban J connectivity index is 1.70. The molecule has 2 aromatic rings. The third-order valence-electron chi connectivity index (χ3n) is 5.56. The van der Waals surface area contributed by atoms with E-state index in [4.69, 9.17) is 9.47 Å². The number of nitrogens with one attached hydrogen (secondary N) is 1. The standard InChI is InChI=1S/C24H29FN2O4/c1-17(24(29)26-20-5-3-4-6-20)27(15-18-7-11-21(30-2)12-8-18)23(28)16-31-22-13-9-19(25)10-14-22/h7-14,17,20H,3-6,15-16H2,1-2H3,(H,26,29)/t17-/m1/s1. The molecule has 0 spiro atoms. The predicted octanol–water partition coefficient (Wildman–Crippen LogP) is 3.69. The number of methoxy groups -OCH3 is 1. The zero-order valence-corrected chi connectivity index (χ0v) is 18.0. The highest BCUT2D eigenvalue weighted by molar-refractivity contribution is 5.88. The van der Waals surface area contributed by atoms with Crippen molar-refractivity contribution < 1.29 is 23.5 Å². The zero-order valence-electron chi connectivity index (χ0n) is 18.0.